The van der Waals surface area contributed by atoms with Crippen LogP contribution in [0.15, 0.2) is 67.0 Å². The number of amides is 2. The maximum atomic E-state index is 13.5. The SMILES string of the molecule is O=C(Cc1cnn(-c2ccccc2)c1)NNC(=O)c1ccccc1F. The summed E-state index contributed by atoms with van der Waals surface area (Å²) in [6.45, 7) is 0. The molecule has 2 amide bonds. The molecule has 0 unspecified atom stereocenters. The molecular formula is C18H15FN4O2. The topological polar surface area (TPSA) is 76.0 Å². The normalized spacial score (nSPS) is 10.3. The van der Waals surface area contributed by atoms with Crippen molar-refractivity contribution >= 4 is 11.8 Å². The minimum absolute atomic E-state index is 0.0321. The minimum Gasteiger partial charge on any atom is -0.273 e. The van der Waals surface area contributed by atoms with Crippen LogP contribution in [0.4, 0.5) is 4.39 Å². The van der Waals surface area contributed by atoms with Crippen molar-refractivity contribution in [3.8, 4) is 5.69 Å². The van der Waals surface area contributed by atoms with Crippen molar-refractivity contribution in [2.45, 2.75) is 6.42 Å². The first-order valence-electron chi connectivity index (χ1n) is 7.56. The van der Waals surface area contributed by atoms with Crippen LogP contribution in [0, 0.1) is 5.82 Å². The van der Waals surface area contributed by atoms with E-state index < -0.39 is 17.6 Å². The van der Waals surface area contributed by atoms with E-state index in [1.54, 1.807) is 17.1 Å². The highest BCUT2D eigenvalue weighted by molar-refractivity contribution is 5.95. The molecule has 0 atom stereocenters. The summed E-state index contributed by atoms with van der Waals surface area (Å²) in [7, 11) is 0. The van der Waals surface area contributed by atoms with Crippen molar-refractivity contribution in [2.24, 2.45) is 0 Å². The number of hydrogen-bond donors (Lipinski definition) is 2. The monoisotopic (exact) mass is 338 g/mol. The molecule has 2 N–H and O–H groups in total. The third-order valence-electron chi connectivity index (χ3n) is 3.46. The fraction of sp³-hybridized carbons (Fsp3) is 0.0556. The lowest BCUT2D eigenvalue weighted by molar-refractivity contribution is -0.121. The van der Waals surface area contributed by atoms with Crippen LogP contribution in [0.1, 0.15) is 15.9 Å². The molecule has 0 fully saturated rings. The molecule has 0 aliphatic rings. The van der Waals surface area contributed by atoms with Crippen molar-refractivity contribution in [1.29, 1.82) is 0 Å². The Bertz CT molecular complexity index is 893. The molecule has 7 heteroatoms. The van der Waals surface area contributed by atoms with E-state index in [0.29, 0.717) is 5.56 Å². The van der Waals surface area contributed by atoms with E-state index in [2.05, 4.69) is 16.0 Å². The predicted octanol–water partition coefficient (Wildman–Crippen LogP) is 2.02. The van der Waals surface area contributed by atoms with E-state index in [1.165, 1.54) is 24.3 Å². The first-order chi connectivity index (χ1) is 12.1. The van der Waals surface area contributed by atoms with Crippen LogP contribution in [0.2, 0.25) is 0 Å². The number of aromatic nitrogens is 2. The van der Waals surface area contributed by atoms with Gasteiger partial charge in [0, 0.05) is 6.20 Å². The lowest BCUT2D eigenvalue weighted by Crippen LogP contribution is -2.42. The van der Waals surface area contributed by atoms with Gasteiger partial charge in [0.2, 0.25) is 5.91 Å². The molecule has 126 valence electrons. The van der Waals surface area contributed by atoms with Crippen LogP contribution in [-0.2, 0) is 11.2 Å². The Labute approximate surface area is 143 Å². The first kappa shape index (κ1) is 16.4. The smallest absolute Gasteiger partial charge is 0.272 e. The van der Waals surface area contributed by atoms with E-state index in [0.717, 1.165) is 5.69 Å². The zero-order valence-electron chi connectivity index (χ0n) is 13.1. The van der Waals surface area contributed by atoms with Crippen LogP contribution < -0.4 is 10.9 Å². The number of carbonyl (C=O) groups excluding carboxylic acids is 2. The number of hydrazine groups is 1. The molecule has 0 aliphatic heterocycles. The highest BCUT2D eigenvalue weighted by Crippen LogP contribution is 2.08. The van der Waals surface area contributed by atoms with E-state index in [9.17, 15) is 14.0 Å². The number of carbonyl (C=O) groups is 2. The molecule has 3 rings (SSSR count). The number of nitrogens with one attached hydrogen (secondary N) is 2. The average molecular weight is 338 g/mol. The molecule has 2 aromatic carbocycles. The van der Waals surface area contributed by atoms with Gasteiger partial charge < -0.3 is 0 Å². The molecule has 0 radical (unpaired) electrons. The molecule has 0 aliphatic carbocycles. The van der Waals surface area contributed by atoms with Crippen molar-refractivity contribution in [3.05, 3.63) is 83.9 Å². The average Bonchev–Trinajstić information content (AvgIpc) is 3.09. The molecule has 0 saturated heterocycles. The maximum absolute atomic E-state index is 13.5. The second-order valence-electron chi connectivity index (χ2n) is 5.29. The molecule has 1 aromatic heterocycles. The lowest BCUT2D eigenvalue weighted by Gasteiger charge is -2.07. The van der Waals surface area contributed by atoms with Gasteiger partial charge in [-0.15, -0.1) is 0 Å². The summed E-state index contributed by atoms with van der Waals surface area (Å²) in [6, 6.07) is 15.0. The van der Waals surface area contributed by atoms with Gasteiger partial charge in [-0.05, 0) is 29.8 Å². The van der Waals surface area contributed by atoms with Crippen LogP contribution in [0.5, 0.6) is 0 Å². The second-order valence-corrected chi connectivity index (χ2v) is 5.29. The summed E-state index contributed by atoms with van der Waals surface area (Å²) in [6.07, 6.45) is 3.34. The molecule has 3 aromatic rings. The van der Waals surface area contributed by atoms with Crippen LogP contribution in [0.25, 0.3) is 5.69 Å². The summed E-state index contributed by atoms with van der Waals surface area (Å²) in [5.74, 6) is -1.80. The standard InChI is InChI=1S/C18H15FN4O2/c19-16-9-5-4-8-15(16)18(25)22-21-17(24)10-13-11-20-23(12-13)14-6-2-1-3-7-14/h1-9,11-12H,10H2,(H,21,24)(H,22,25). The Hall–Kier alpha value is -3.48. The van der Waals surface area contributed by atoms with Gasteiger partial charge in [0.25, 0.3) is 5.91 Å². The third kappa shape index (κ3) is 4.08. The Morgan fingerprint density at radius 1 is 1.00 bits per heavy atom. The fourth-order valence-corrected chi connectivity index (χ4v) is 2.24. The van der Waals surface area contributed by atoms with Crippen molar-refractivity contribution in [2.75, 3.05) is 0 Å². The van der Waals surface area contributed by atoms with Crippen LogP contribution >= 0.6 is 0 Å². The Morgan fingerprint density at radius 3 is 2.48 bits per heavy atom. The van der Waals surface area contributed by atoms with Crippen LogP contribution in [-0.4, -0.2) is 21.6 Å². The minimum atomic E-state index is -0.716. The van der Waals surface area contributed by atoms with Gasteiger partial charge in [-0.2, -0.15) is 5.10 Å². The lowest BCUT2D eigenvalue weighted by atomic mass is 10.2. The van der Waals surface area contributed by atoms with Gasteiger partial charge in [0.1, 0.15) is 5.82 Å². The van der Waals surface area contributed by atoms with E-state index in [1.807, 2.05) is 30.3 Å². The van der Waals surface area contributed by atoms with Crippen molar-refractivity contribution in [1.82, 2.24) is 20.6 Å². The van der Waals surface area contributed by atoms with E-state index >= 15 is 0 Å². The van der Waals surface area contributed by atoms with Gasteiger partial charge in [-0.25, -0.2) is 9.07 Å². The largest absolute Gasteiger partial charge is 0.273 e. The highest BCUT2D eigenvalue weighted by Gasteiger charge is 2.12. The fourth-order valence-electron chi connectivity index (χ4n) is 2.24. The van der Waals surface area contributed by atoms with Gasteiger partial charge in [-0.3, -0.25) is 20.4 Å². The summed E-state index contributed by atoms with van der Waals surface area (Å²) >= 11 is 0. The summed E-state index contributed by atoms with van der Waals surface area (Å²) in [5.41, 5.74) is 5.88. The molecule has 25 heavy (non-hydrogen) atoms. The molecule has 6 nitrogen and oxygen atoms in total. The molecule has 0 saturated carbocycles. The van der Waals surface area contributed by atoms with E-state index in [4.69, 9.17) is 0 Å². The maximum Gasteiger partial charge on any atom is 0.272 e. The number of halogens is 1. The number of benzene rings is 2. The third-order valence-corrected chi connectivity index (χ3v) is 3.46. The van der Waals surface area contributed by atoms with E-state index in [-0.39, 0.29) is 12.0 Å². The molecular weight excluding hydrogens is 323 g/mol. The molecule has 0 spiro atoms. The van der Waals surface area contributed by atoms with Gasteiger partial charge in [0.15, 0.2) is 0 Å². The van der Waals surface area contributed by atoms with Crippen molar-refractivity contribution < 1.29 is 14.0 Å². The Kier molecular flexibility index (Phi) is 4.84. The summed E-state index contributed by atoms with van der Waals surface area (Å²) < 4.78 is 15.1. The van der Waals surface area contributed by atoms with Gasteiger partial charge in [0.05, 0.1) is 23.9 Å². The number of hydrogen-bond acceptors (Lipinski definition) is 3. The zero-order chi connectivity index (χ0) is 17.6. The van der Waals surface area contributed by atoms with Gasteiger partial charge >= 0.3 is 0 Å². The second kappa shape index (κ2) is 7.39. The van der Waals surface area contributed by atoms with Crippen LogP contribution in [0.3, 0.4) is 0 Å². The first-order valence-corrected chi connectivity index (χ1v) is 7.56. The number of para-hydroxylation sites is 1. The zero-order valence-corrected chi connectivity index (χ0v) is 13.1. The Balaban J connectivity index is 1.56. The number of nitrogens with zero attached hydrogens (tertiary/aromatic N) is 2. The predicted molar refractivity (Wildman–Crippen MR) is 89.3 cm³/mol. The molecule has 0 bridgehead atoms. The molecule has 1 heterocycles. The van der Waals surface area contributed by atoms with Crippen molar-refractivity contribution in [3.63, 3.8) is 0 Å². The number of rotatable bonds is 4. The highest BCUT2D eigenvalue weighted by atomic mass is 19.1. The summed E-state index contributed by atoms with van der Waals surface area (Å²) in [5, 5.41) is 4.19. The Morgan fingerprint density at radius 2 is 1.72 bits per heavy atom. The quantitative estimate of drug-likeness (QED) is 0.715. The summed E-state index contributed by atoms with van der Waals surface area (Å²) in [4.78, 5) is 23.8. The van der Waals surface area contributed by atoms with Gasteiger partial charge in [-0.1, -0.05) is 30.3 Å².